The van der Waals surface area contributed by atoms with Gasteiger partial charge in [0.05, 0.1) is 0 Å². The molecule has 96 valence electrons. The van der Waals surface area contributed by atoms with E-state index in [4.69, 9.17) is 11.6 Å². The molecule has 0 aromatic heterocycles. The summed E-state index contributed by atoms with van der Waals surface area (Å²) in [5, 5.41) is 3.17. The molecule has 19 heavy (non-hydrogen) atoms. The van der Waals surface area contributed by atoms with Gasteiger partial charge in [0.25, 0.3) is 0 Å². The first-order chi connectivity index (χ1) is 9.13. The van der Waals surface area contributed by atoms with Crippen LogP contribution in [0.15, 0.2) is 54.6 Å². The van der Waals surface area contributed by atoms with Crippen molar-refractivity contribution in [2.45, 2.75) is 0 Å². The molecule has 2 rings (SSSR count). The van der Waals surface area contributed by atoms with E-state index in [2.05, 4.69) is 5.32 Å². The maximum Gasteiger partial charge on any atom is 0.248 e. The topological polar surface area (TPSA) is 29.1 Å². The Balaban J connectivity index is 2.01. The van der Waals surface area contributed by atoms with E-state index in [-0.39, 0.29) is 5.91 Å². The molecule has 0 atom stereocenters. The first-order valence-electron chi connectivity index (χ1n) is 5.64. The van der Waals surface area contributed by atoms with Crippen molar-refractivity contribution < 1.29 is 9.18 Å². The van der Waals surface area contributed by atoms with Crippen molar-refractivity contribution in [2.75, 3.05) is 5.32 Å². The van der Waals surface area contributed by atoms with Gasteiger partial charge in [0, 0.05) is 16.8 Å². The molecule has 4 heteroatoms. The van der Waals surface area contributed by atoms with Gasteiger partial charge in [0.1, 0.15) is 5.82 Å². The van der Waals surface area contributed by atoms with Crippen LogP contribution in [0.3, 0.4) is 0 Å². The highest BCUT2D eigenvalue weighted by atomic mass is 35.5. The Hall–Kier alpha value is -2.13. The molecule has 0 unspecified atom stereocenters. The van der Waals surface area contributed by atoms with E-state index in [9.17, 15) is 9.18 Å². The monoisotopic (exact) mass is 275 g/mol. The molecule has 0 aliphatic carbocycles. The van der Waals surface area contributed by atoms with Crippen LogP contribution in [0.4, 0.5) is 10.1 Å². The lowest BCUT2D eigenvalue weighted by atomic mass is 10.2. The van der Waals surface area contributed by atoms with E-state index in [1.807, 2.05) is 6.07 Å². The first-order valence-corrected chi connectivity index (χ1v) is 6.01. The average Bonchev–Trinajstić information content (AvgIpc) is 2.36. The minimum absolute atomic E-state index is 0.328. The van der Waals surface area contributed by atoms with Crippen molar-refractivity contribution >= 4 is 29.3 Å². The lowest BCUT2D eigenvalue weighted by Gasteiger charge is -2.01. The molecule has 0 heterocycles. The number of benzene rings is 2. The Morgan fingerprint density at radius 1 is 1.16 bits per heavy atom. The lowest BCUT2D eigenvalue weighted by molar-refractivity contribution is -0.111. The smallest absolute Gasteiger partial charge is 0.248 e. The van der Waals surface area contributed by atoms with Crippen LogP contribution in [0.1, 0.15) is 5.56 Å². The largest absolute Gasteiger partial charge is 0.322 e. The molecule has 2 aromatic rings. The minimum atomic E-state index is -0.392. The van der Waals surface area contributed by atoms with E-state index >= 15 is 0 Å². The van der Waals surface area contributed by atoms with Gasteiger partial charge in [-0.15, -0.1) is 0 Å². The van der Waals surface area contributed by atoms with E-state index in [1.54, 1.807) is 30.3 Å². The number of halogens is 2. The second kappa shape index (κ2) is 6.16. The summed E-state index contributed by atoms with van der Waals surface area (Å²) in [5.41, 5.74) is 1.24. The number of hydrogen-bond acceptors (Lipinski definition) is 1. The van der Waals surface area contributed by atoms with Gasteiger partial charge in [0.15, 0.2) is 0 Å². The van der Waals surface area contributed by atoms with Crippen LogP contribution in [-0.2, 0) is 4.79 Å². The molecule has 1 amide bonds. The molecule has 0 saturated heterocycles. The predicted octanol–water partition coefficient (Wildman–Crippen LogP) is 4.13. The van der Waals surface area contributed by atoms with Gasteiger partial charge in [0.2, 0.25) is 5.91 Å². The van der Waals surface area contributed by atoms with Crippen molar-refractivity contribution in [2.24, 2.45) is 0 Å². The molecule has 0 radical (unpaired) electrons. The third-order valence-corrected chi connectivity index (χ3v) is 2.60. The number of carbonyl (C=O) groups excluding carboxylic acids is 1. The fourth-order valence-corrected chi connectivity index (χ4v) is 1.73. The second-order valence-electron chi connectivity index (χ2n) is 3.89. The molecule has 2 aromatic carbocycles. The van der Waals surface area contributed by atoms with Crippen LogP contribution in [0.5, 0.6) is 0 Å². The summed E-state index contributed by atoms with van der Waals surface area (Å²) in [5.74, 6) is -0.720. The summed E-state index contributed by atoms with van der Waals surface area (Å²) in [4.78, 5) is 11.6. The highest BCUT2D eigenvalue weighted by molar-refractivity contribution is 6.30. The number of amides is 1. The van der Waals surface area contributed by atoms with E-state index in [1.165, 1.54) is 24.3 Å². The fraction of sp³-hybridized carbons (Fsp3) is 0. The van der Waals surface area contributed by atoms with Crippen molar-refractivity contribution in [3.8, 4) is 0 Å². The molecular formula is C15H11ClFNO. The normalized spacial score (nSPS) is 10.6. The van der Waals surface area contributed by atoms with Gasteiger partial charge in [-0.2, -0.15) is 0 Å². The maximum atomic E-state index is 12.9. The van der Waals surface area contributed by atoms with E-state index in [0.29, 0.717) is 10.7 Å². The molecule has 2 nitrogen and oxygen atoms in total. The Bertz CT molecular complexity index is 625. The summed E-state index contributed by atoms with van der Waals surface area (Å²) >= 11 is 5.83. The van der Waals surface area contributed by atoms with Crippen molar-refractivity contribution in [1.82, 2.24) is 0 Å². The predicted molar refractivity (Wildman–Crippen MR) is 75.5 cm³/mol. The lowest BCUT2D eigenvalue weighted by Crippen LogP contribution is -2.07. The standard InChI is InChI=1S/C15H11ClFNO/c16-12-4-1-3-11(9-12)7-8-15(19)18-14-6-2-5-13(17)10-14/h1-10H,(H,18,19). The SMILES string of the molecule is O=C(C=Cc1cccc(Cl)c1)Nc1cccc(F)c1. The van der Waals surface area contributed by atoms with Crippen LogP contribution in [0.2, 0.25) is 5.02 Å². The Kier molecular flexibility index (Phi) is 4.31. The van der Waals surface area contributed by atoms with Crippen LogP contribution < -0.4 is 5.32 Å². The molecule has 0 aliphatic rings. The zero-order valence-electron chi connectivity index (χ0n) is 9.94. The number of rotatable bonds is 3. The Labute approximate surface area is 115 Å². The quantitative estimate of drug-likeness (QED) is 0.839. The van der Waals surface area contributed by atoms with Crippen LogP contribution in [0, 0.1) is 5.82 Å². The van der Waals surface area contributed by atoms with Crippen molar-refractivity contribution in [1.29, 1.82) is 0 Å². The van der Waals surface area contributed by atoms with Crippen LogP contribution >= 0.6 is 11.6 Å². The third-order valence-electron chi connectivity index (χ3n) is 2.37. The van der Waals surface area contributed by atoms with E-state index < -0.39 is 5.82 Å². The molecule has 0 saturated carbocycles. The summed E-state index contributed by atoms with van der Waals surface area (Å²) < 4.78 is 12.9. The summed E-state index contributed by atoms with van der Waals surface area (Å²) in [6.45, 7) is 0. The Morgan fingerprint density at radius 3 is 2.68 bits per heavy atom. The van der Waals surface area contributed by atoms with Crippen LogP contribution in [-0.4, -0.2) is 5.91 Å². The van der Waals surface area contributed by atoms with Crippen molar-refractivity contribution in [3.05, 3.63) is 71.0 Å². The van der Waals surface area contributed by atoms with Gasteiger partial charge < -0.3 is 5.32 Å². The summed E-state index contributed by atoms with van der Waals surface area (Å²) in [6, 6.07) is 12.9. The van der Waals surface area contributed by atoms with Gasteiger partial charge >= 0.3 is 0 Å². The number of nitrogens with one attached hydrogen (secondary N) is 1. The van der Waals surface area contributed by atoms with Gasteiger partial charge in [-0.1, -0.05) is 29.8 Å². The average molecular weight is 276 g/mol. The highest BCUT2D eigenvalue weighted by Gasteiger charge is 1.99. The second-order valence-corrected chi connectivity index (χ2v) is 4.32. The number of carbonyl (C=O) groups is 1. The van der Waals surface area contributed by atoms with Gasteiger partial charge in [-0.05, 0) is 42.0 Å². The van der Waals surface area contributed by atoms with Gasteiger partial charge in [-0.25, -0.2) is 4.39 Å². The van der Waals surface area contributed by atoms with Crippen LogP contribution in [0.25, 0.3) is 6.08 Å². The van der Waals surface area contributed by atoms with E-state index in [0.717, 1.165) is 5.56 Å². The zero-order chi connectivity index (χ0) is 13.7. The zero-order valence-corrected chi connectivity index (χ0v) is 10.7. The molecule has 1 N–H and O–H groups in total. The summed E-state index contributed by atoms with van der Waals surface area (Å²) in [6.07, 6.45) is 3.01. The molecule has 0 spiro atoms. The number of hydrogen-bond donors (Lipinski definition) is 1. The number of anilines is 1. The molecule has 0 bridgehead atoms. The fourth-order valence-electron chi connectivity index (χ4n) is 1.53. The molecule has 0 fully saturated rings. The highest BCUT2D eigenvalue weighted by Crippen LogP contribution is 2.12. The molecule has 0 aliphatic heterocycles. The third kappa shape index (κ3) is 4.23. The summed E-state index contributed by atoms with van der Waals surface area (Å²) in [7, 11) is 0. The molecular weight excluding hydrogens is 265 g/mol. The first kappa shape index (κ1) is 13.3. The maximum absolute atomic E-state index is 12.9. The van der Waals surface area contributed by atoms with Gasteiger partial charge in [-0.3, -0.25) is 4.79 Å². The Morgan fingerprint density at radius 2 is 1.95 bits per heavy atom. The van der Waals surface area contributed by atoms with Crippen molar-refractivity contribution in [3.63, 3.8) is 0 Å². The minimum Gasteiger partial charge on any atom is -0.322 e.